The third-order valence-electron chi connectivity index (χ3n) is 2.94. The summed E-state index contributed by atoms with van der Waals surface area (Å²) in [5.41, 5.74) is 2.32. The van der Waals surface area contributed by atoms with Crippen LogP contribution in [0.3, 0.4) is 0 Å². The van der Waals surface area contributed by atoms with E-state index in [1.54, 1.807) is 6.20 Å². The Morgan fingerprint density at radius 1 is 1.28 bits per heavy atom. The number of benzene rings is 1. The summed E-state index contributed by atoms with van der Waals surface area (Å²) in [5.74, 6) is 0.412. The lowest BCUT2D eigenvalue weighted by atomic mass is 10.1. The van der Waals surface area contributed by atoms with Crippen LogP contribution in [-0.4, -0.2) is 23.4 Å². The van der Waals surface area contributed by atoms with Crippen LogP contribution in [0.15, 0.2) is 47.2 Å². The Morgan fingerprint density at radius 2 is 2.00 bits per heavy atom. The highest BCUT2D eigenvalue weighted by atomic mass is 16.1. The molecule has 0 saturated heterocycles. The number of hydrogen-bond acceptors (Lipinski definition) is 3. The van der Waals surface area contributed by atoms with E-state index in [1.165, 1.54) is 11.8 Å². The van der Waals surface area contributed by atoms with E-state index in [2.05, 4.69) is 35.9 Å². The zero-order valence-electron chi connectivity index (χ0n) is 10.8. The van der Waals surface area contributed by atoms with Crippen LogP contribution in [0.2, 0.25) is 0 Å². The summed E-state index contributed by atoms with van der Waals surface area (Å²) in [7, 11) is 0. The summed E-state index contributed by atoms with van der Waals surface area (Å²) in [4.78, 5) is 17.8. The van der Waals surface area contributed by atoms with Crippen molar-refractivity contribution in [3.63, 3.8) is 0 Å². The average Bonchev–Trinajstić information content (AvgIpc) is 2.52. The molecule has 1 aliphatic heterocycles. The van der Waals surface area contributed by atoms with E-state index in [0.717, 1.165) is 12.2 Å². The summed E-state index contributed by atoms with van der Waals surface area (Å²) in [6, 6.07) is 10.2. The molecule has 0 atom stereocenters. The van der Waals surface area contributed by atoms with Crippen LogP contribution >= 0.6 is 0 Å². The van der Waals surface area contributed by atoms with Crippen molar-refractivity contribution < 1.29 is 4.79 Å². The Kier molecular flexibility index (Phi) is 3.92. The minimum Gasteiger partial charge on any atom is -0.361 e. The van der Waals surface area contributed by atoms with Gasteiger partial charge in [-0.05, 0) is 11.5 Å². The highest BCUT2D eigenvalue weighted by Crippen LogP contribution is 2.19. The number of nitrogens with zero attached hydrogens (tertiary/aromatic N) is 2. The predicted molar refractivity (Wildman–Crippen MR) is 73.3 cm³/mol. The summed E-state index contributed by atoms with van der Waals surface area (Å²) in [6.07, 6.45) is 3.21. The van der Waals surface area contributed by atoms with Gasteiger partial charge in [0.1, 0.15) is 0 Å². The molecule has 0 spiro atoms. The van der Waals surface area contributed by atoms with E-state index in [-0.39, 0.29) is 5.78 Å². The SMILES string of the molecule is CC(C)C1=CN=CC(=O)CN1Cc1ccccc1. The number of carbonyl (C=O) groups is 1. The monoisotopic (exact) mass is 242 g/mol. The number of aliphatic imine (C=N–C) groups is 1. The maximum atomic E-state index is 11.6. The lowest BCUT2D eigenvalue weighted by Gasteiger charge is -2.27. The van der Waals surface area contributed by atoms with Crippen LogP contribution in [0.25, 0.3) is 0 Å². The molecule has 2 rings (SSSR count). The normalized spacial score (nSPS) is 15.8. The molecule has 0 N–H and O–H groups in total. The highest BCUT2D eigenvalue weighted by Gasteiger charge is 2.18. The molecular formula is C15H18N2O. The molecule has 1 aromatic carbocycles. The van der Waals surface area contributed by atoms with E-state index >= 15 is 0 Å². The van der Waals surface area contributed by atoms with Crippen LogP contribution in [-0.2, 0) is 11.3 Å². The second kappa shape index (κ2) is 5.63. The molecular weight excluding hydrogens is 224 g/mol. The highest BCUT2D eigenvalue weighted by molar-refractivity contribution is 6.28. The fourth-order valence-corrected chi connectivity index (χ4v) is 2.06. The molecule has 0 fully saturated rings. The second-order valence-corrected chi connectivity index (χ2v) is 4.79. The number of rotatable bonds is 3. The van der Waals surface area contributed by atoms with Crippen LogP contribution in [0.1, 0.15) is 19.4 Å². The molecule has 0 aliphatic carbocycles. The quantitative estimate of drug-likeness (QED) is 0.816. The third kappa shape index (κ3) is 3.06. The summed E-state index contributed by atoms with van der Waals surface area (Å²) in [5, 5.41) is 0. The van der Waals surface area contributed by atoms with E-state index in [4.69, 9.17) is 0 Å². The Bertz CT molecular complexity index is 475. The van der Waals surface area contributed by atoms with Crippen LogP contribution in [0.4, 0.5) is 0 Å². The topological polar surface area (TPSA) is 32.7 Å². The lowest BCUT2D eigenvalue weighted by Crippen LogP contribution is -2.30. The maximum absolute atomic E-state index is 11.6. The van der Waals surface area contributed by atoms with Crippen molar-refractivity contribution >= 4 is 12.0 Å². The smallest absolute Gasteiger partial charge is 0.193 e. The van der Waals surface area contributed by atoms with Gasteiger partial charge in [0.25, 0.3) is 0 Å². The van der Waals surface area contributed by atoms with Crippen molar-refractivity contribution in [2.24, 2.45) is 10.9 Å². The van der Waals surface area contributed by atoms with Gasteiger partial charge < -0.3 is 4.90 Å². The number of ketones is 1. The first kappa shape index (κ1) is 12.6. The van der Waals surface area contributed by atoms with E-state index in [0.29, 0.717) is 12.5 Å². The van der Waals surface area contributed by atoms with Crippen molar-refractivity contribution in [1.82, 2.24) is 4.90 Å². The molecule has 1 aromatic rings. The first-order chi connectivity index (χ1) is 8.66. The molecule has 3 heteroatoms. The third-order valence-corrected chi connectivity index (χ3v) is 2.94. The summed E-state index contributed by atoms with van der Waals surface area (Å²) >= 11 is 0. The first-order valence-electron chi connectivity index (χ1n) is 6.22. The van der Waals surface area contributed by atoms with Crippen molar-refractivity contribution in [3.8, 4) is 0 Å². The Labute approximate surface area is 108 Å². The lowest BCUT2D eigenvalue weighted by molar-refractivity contribution is -0.113. The fraction of sp³-hybridized carbons (Fsp3) is 0.333. The zero-order valence-corrected chi connectivity index (χ0v) is 10.8. The standard InChI is InChI=1S/C15H18N2O/c1-12(2)15-9-16-8-14(18)11-17(15)10-13-6-4-3-5-7-13/h3-9,12H,10-11H2,1-2H3. The van der Waals surface area contributed by atoms with Crippen LogP contribution in [0, 0.1) is 5.92 Å². The van der Waals surface area contributed by atoms with Crippen molar-refractivity contribution in [2.45, 2.75) is 20.4 Å². The van der Waals surface area contributed by atoms with E-state index in [9.17, 15) is 4.79 Å². The largest absolute Gasteiger partial charge is 0.361 e. The van der Waals surface area contributed by atoms with E-state index < -0.39 is 0 Å². The molecule has 1 aliphatic rings. The molecule has 0 amide bonds. The minimum absolute atomic E-state index is 0.0535. The molecule has 3 nitrogen and oxygen atoms in total. The molecule has 0 unspecified atom stereocenters. The first-order valence-corrected chi connectivity index (χ1v) is 6.22. The van der Waals surface area contributed by atoms with Gasteiger partial charge >= 0.3 is 0 Å². The van der Waals surface area contributed by atoms with E-state index in [1.807, 2.05) is 18.2 Å². The van der Waals surface area contributed by atoms with Gasteiger partial charge in [0.15, 0.2) is 5.78 Å². The maximum Gasteiger partial charge on any atom is 0.193 e. The molecule has 18 heavy (non-hydrogen) atoms. The number of allylic oxidation sites excluding steroid dienone is 1. The predicted octanol–water partition coefficient (Wildman–Crippen LogP) is 2.64. The van der Waals surface area contributed by atoms with Gasteiger partial charge in [-0.15, -0.1) is 0 Å². The van der Waals surface area contributed by atoms with Crippen molar-refractivity contribution in [3.05, 3.63) is 47.8 Å². The number of carbonyl (C=O) groups excluding carboxylic acids is 1. The molecule has 1 heterocycles. The minimum atomic E-state index is 0.0535. The molecule has 0 radical (unpaired) electrons. The molecule has 0 saturated carbocycles. The fourth-order valence-electron chi connectivity index (χ4n) is 2.06. The Hall–Kier alpha value is -1.90. The average molecular weight is 242 g/mol. The van der Waals surface area contributed by atoms with Gasteiger partial charge in [-0.2, -0.15) is 0 Å². The summed E-state index contributed by atoms with van der Waals surface area (Å²) in [6.45, 7) is 5.40. The zero-order chi connectivity index (χ0) is 13.0. The van der Waals surface area contributed by atoms with Gasteiger partial charge in [0.2, 0.25) is 0 Å². The van der Waals surface area contributed by atoms with Gasteiger partial charge in [-0.3, -0.25) is 9.79 Å². The van der Waals surface area contributed by atoms with Gasteiger partial charge in [-0.25, -0.2) is 0 Å². The molecule has 94 valence electrons. The van der Waals surface area contributed by atoms with Crippen molar-refractivity contribution in [1.29, 1.82) is 0 Å². The molecule has 0 aromatic heterocycles. The van der Waals surface area contributed by atoms with Gasteiger partial charge in [0, 0.05) is 18.4 Å². The van der Waals surface area contributed by atoms with Crippen LogP contribution < -0.4 is 0 Å². The summed E-state index contributed by atoms with van der Waals surface area (Å²) < 4.78 is 0. The van der Waals surface area contributed by atoms with Crippen LogP contribution in [0.5, 0.6) is 0 Å². The number of Topliss-reactive ketones (excluding diaryl/α,β-unsaturated/α-hetero) is 1. The Morgan fingerprint density at radius 3 is 2.67 bits per heavy atom. The van der Waals surface area contributed by atoms with Gasteiger partial charge in [-0.1, -0.05) is 44.2 Å². The van der Waals surface area contributed by atoms with Gasteiger partial charge in [0.05, 0.1) is 12.8 Å². The second-order valence-electron chi connectivity index (χ2n) is 4.79. The number of hydrogen-bond donors (Lipinski definition) is 0. The molecule has 0 bridgehead atoms. The van der Waals surface area contributed by atoms with Crippen molar-refractivity contribution in [2.75, 3.05) is 6.54 Å². The Balaban J connectivity index is 2.20.